The molecule has 1 unspecified atom stereocenters. The number of nitrogens with one attached hydrogen (secondary N) is 1. The molecule has 0 saturated carbocycles. The Hall–Kier alpha value is -2.41. The SMILES string of the molecule is CC(C)c1coc([C@H]([NH+]=C(N)C(N)=Nc2csc(S(=O)(=O)N3CCCC3CO)c2O)C(C)C)c1. The highest BCUT2D eigenvalue weighted by Gasteiger charge is 2.38. The number of aliphatic imine (C=N–C) groups is 1. The maximum atomic E-state index is 13.0. The number of aliphatic hydroxyl groups excluding tert-OH is 1. The minimum atomic E-state index is -3.97. The molecular weight excluding hydrogens is 478 g/mol. The van der Waals surface area contributed by atoms with Gasteiger partial charge in [0.05, 0.1) is 12.9 Å². The van der Waals surface area contributed by atoms with E-state index < -0.39 is 21.8 Å². The van der Waals surface area contributed by atoms with Crippen molar-refractivity contribution in [2.45, 2.75) is 62.7 Å². The van der Waals surface area contributed by atoms with Crippen LogP contribution < -0.4 is 16.5 Å². The van der Waals surface area contributed by atoms with Gasteiger partial charge in [-0.3, -0.25) is 10.7 Å². The van der Waals surface area contributed by atoms with Crippen molar-refractivity contribution in [2.75, 3.05) is 13.2 Å². The molecule has 188 valence electrons. The van der Waals surface area contributed by atoms with E-state index in [0.717, 1.165) is 16.9 Å². The molecule has 1 saturated heterocycles. The van der Waals surface area contributed by atoms with Crippen LogP contribution in [0.1, 0.15) is 63.8 Å². The summed E-state index contributed by atoms with van der Waals surface area (Å²) in [6.45, 7) is 8.19. The van der Waals surface area contributed by atoms with Gasteiger partial charge in [-0.25, -0.2) is 13.4 Å². The van der Waals surface area contributed by atoms with Gasteiger partial charge in [0, 0.05) is 23.9 Å². The molecule has 0 spiro atoms. The molecular formula is C22H34N5O5S2+. The quantitative estimate of drug-likeness (QED) is 0.261. The van der Waals surface area contributed by atoms with E-state index in [1.807, 2.05) is 19.9 Å². The Bertz CT molecular complexity index is 1170. The summed E-state index contributed by atoms with van der Waals surface area (Å²) < 4.78 is 32.8. The van der Waals surface area contributed by atoms with E-state index in [9.17, 15) is 18.6 Å². The lowest BCUT2D eigenvalue weighted by molar-refractivity contribution is -0.522. The van der Waals surface area contributed by atoms with Crippen molar-refractivity contribution in [3.8, 4) is 5.75 Å². The summed E-state index contributed by atoms with van der Waals surface area (Å²) in [5, 5.41) is 21.5. The smallest absolute Gasteiger partial charge is 0.309 e. The molecule has 1 aliphatic heterocycles. The predicted molar refractivity (Wildman–Crippen MR) is 132 cm³/mol. The highest BCUT2D eigenvalue weighted by atomic mass is 32.2. The monoisotopic (exact) mass is 512 g/mol. The van der Waals surface area contributed by atoms with Crippen molar-refractivity contribution in [3.63, 3.8) is 0 Å². The van der Waals surface area contributed by atoms with Crippen LogP contribution in [0.2, 0.25) is 0 Å². The summed E-state index contributed by atoms with van der Waals surface area (Å²) in [5.74, 6) is 0.647. The molecule has 0 bridgehead atoms. The van der Waals surface area contributed by atoms with Crippen LogP contribution in [-0.2, 0) is 10.0 Å². The second-order valence-corrected chi connectivity index (χ2v) is 12.0. The zero-order valence-electron chi connectivity index (χ0n) is 19.9. The lowest BCUT2D eigenvalue weighted by atomic mass is 10.00. The number of amidine groups is 2. The number of hydrogen-bond acceptors (Lipinski definition) is 7. The maximum Gasteiger partial charge on any atom is 0.309 e. The van der Waals surface area contributed by atoms with Gasteiger partial charge in [-0.1, -0.05) is 27.7 Å². The van der Waals surface area contributed by atoms with Crippen LogP contribution in [0.5, 0.6) is 5.75 Å². The third kappa shape index (κ3) is 5.29. The average molecular weight is 513 g/mol. The summed E-state index contributed by atoms with van der Waals surface area (Å²) >= 11 is 0.848. The summed E-state index contributed by atoms with van der Waals surface area (Å²) in [4.78, 5) is 7.30. The number of aliphatic hydroxyl groups is 1. The molecule has 2 aromatic rings. The number of nitrogens with zero attached hydrogens (tertiary/aromatic N) is 2. The zero-order chi connectivity index (χ0) is 25.2. The molecule has 0 aliphatic carbocycles. The first kappa shape index (κ1) is 26.2. The summed E-state index contributed by atoms with van der Waals surface area (Å²) in [6, 6.07) is 1.21. The van der Waals surface area contributed by atoms with Crippen LogP contribution in [0.15, 0.2) is 31.3 Å². The van der Waals surface area contributed by atoms with Crippen LogP contribution in [0.3, 0.4) is 0 Å². The molecule has 10 nitrogen and oxygen atoms in total. The molecule has 12 heteroatoms. The van der Waals surface area contributed by atoms with E-state index in [-0.39, 0.29) is 46.7 Å². The minimum Gasteiger partial charge on any atom is -0.504 e. The third-order valence-corrected chi connectivity index (χ3v) is 9.33. The molecule has 34 heavy (non-hydrogen) atoms. The van der Waals surface area contributed by atoms with Crippen molar-refractivity contribution in [3.05, 3.63) is 29.0 Å². The Balaban J connectivity index is 1.88. The van der Waals surface area contributed by atoms with Gasteiger partial charge >= 0.3 is 5.84 Å². The summed E-state index contributed by atoms with van der Waals surface area (Å²) in [7, 11) is -3.97. The lowest BCUT2D eigenvalue weighted by Gasteiger charge is -2.21. The van der Waals surface area contributed by atoms with Crippen molar-refractivity contribution in [2.24, 2.45) is 22.4 Å². The maximum absolute atomic E-state index is 13.0. The highest BCUT2D eigenvalue weighted by Crippen LogP contribution is 2.42. The minimum absolute atomic E-state index is 0.00626. The van der Waals surface area contributed by atoms with Gasteiger partial charge in [0.2, 0.25) is 5.84 Å². The molecule has 0 aromatic carbocycles. The van der Waals surface area contributed by atoms with Crippen molar-refractivity contribution >= 4 is 38.7 Å². The standard InChI is InChI=1S/C22H33N5O5S2/c1-12(2)14-8-17(32-10-14)18(13(3)4)26-21(24)20(23)25-16-11-33-22(19(16)29)34(30,31)27-7-5-6-15(27)9-28/h8,10-13,15,18,28-29H,5-7,9H2,1-4H3,(H2,23,25)(H2,24,26)/p+1/t15?,18-/m1/s1. The summed E-state index contributed by atoms with van der Waals surface area (Å²) in [6.07, 6.45) is 2.94. The van der Waals surface area contributed by atoms with E-state index in [0.29, 0.717) is 24.5 Å². The first-order valence-corrected chi connectivity index (χ1v) is 13.5. The van der Waals surface area contributed by atoms with Crippen molar-refractivity contribution in [1.29, 1.82) is 0 Å². The van der Waals surface area contributed by atoms with E-state index in [2.05, 4.69) is 23.8 Å². The second-order valence-electron chi connectivity index (χ2n) is 9.07. The molecule has 7 N–H and O–H groups in total. The molecule has 1 aliphatic rings. The number of hydrogen-bond donors (Lipinski definition) is 5. The van der Waals surface area contributed by atoms with Crippen molar-refractivity contribution < 1.29 is 28.0 Å². The summed E-state index contributed by atoms with van der Waals surface area (Å²) in [5.41, 5.74) is 13.3. The molecule has 2 atom stereocenters. The lowest BCUT2D eigenvalue weighted by Crippen LogP contribution is -2.80. The number of nitrogens with two attached hydrogens (primary N) is 2. The Kier molecular flexibility index (Phi) is 8.06. The second kappa shape index (κ2) is 10.5. The van der Waals surface area contributed by atoms with E-state index in [4.69, 9.17) is 15.9 Å². The number of thiophene rings is 1. The highest BCUT2D eigenvalue weighted by molar-refractivity contribution is 7.91. The van der Waals surface area contributed by atoms with Gasteiger partial charge in [0.15, 0.2) is 16.0 Å². The van der Waals surface area contributed by atoms with Crippen LogP contribution >= 0.6 is 11.3 Å². The number of furan rings is 1. The van der Waals surface area contributed by atoms with Crippen molar-refractivity contribution in [1.82, 2.24) is 4.31 Å². The first-order chi connectivity index (χ1) is 16.0. The van der Waals surface area contributed by atoms with Gasteiger partial charge in [-0.15, -0.1) is 11.3 Å². The van der Waals surface area contributed by atoms with Crippen LogP contribution in [0, 0.1) is 5.92 Å². The van der Waals surface area contributed by atoms with Gasteiger partial charge in [-0.05, 0) is 30.4 Å². The van der Waals surface area contributed by atoms with E-state index in [1.165, 1.54) is 9.69 Å². The molecule has 3 heterocycles. The number of sulfonamides is 1. The molecule has 1 fully saturated rings. The Morgan fingerprint density at radius 1 is 1.35 bits per heavy atom. The third-order valence-electron chi connectivity index (χ3n) is 5.90. The van der Waals surface area contributed by atoms with Crippen LogP contribution in [0.25, 0.3) is 0 Å². The zero-order valence-corrected chi connectivity index (χ0v) is 21.5. The normalized spacial score (nSPS) is 19.4. The average Bonchev–Trinajstić information content (AvgIpc) is 3.52. The van der Waals surface area contributed by atoms with Gasteiger partial charge in [0.1, 0.15) is 11.4 Å². The Labute approximate surface area is 204 Å². The van der Waals surface area contributed by atoms with Gasteiger partial charge in [0.25, 0.3) is 10.0 Å². The Morgan fingerprint density at radius 3 is 2.65 bits per heavy atom. The first-order valence-electron chi connectivity index (χ1n) is 11.2. The van der Waals surface area contributed by atoms with E-state index in [1.54, 1.807) is 6.26 Å². The fourth-order valence-corrected chi connectivity index (χ4v) is 6.85. The fourth-order valence-electron chi connectivity index (χ4n) is 3.83. The predicted octanol–water partition coefficient (Wildman–Crippen LogP) is 1.14. The molecule has 2 aromatic heterocycles. The van der Waals surface area contributed by atoms with Gasteiger partial charge < -0.3 is 20.4 Å². The fraction of sp³-hybridized carbons (Fsp3) is 0.545. The number of rotatable bonds is 8. The largest absolute Gasteiger partial charge is 0.504 e. The number of aromatic hydroxyl groups is 1. The molecule has 3 rings (SSSR count). The van der Waals surface area contributed by atoms with Crippen LogP contribution in [-0.4, -0.2) is 53.8 Å². The Morgan fingerprint density at radius 2 is 2.06 bits per heavy atom. The molecule has 0 radical (unpaired) electrons. The molecule has 0 amide bonds. The van der Waals surface area contributed by atoms with Crippen LogP contribution in [0.4, 0.5) is 5.69 Å². The van der Waals surface area contributed by atoms with Gasteiger partial charge in [-0.2, -0.15) is 4.31 Å². The van der Waals surface area contributed by atoms with E-state index >= 15 is 0 Å². The topological polar surface area (TPSA) is 169 Å².